The number of amides is 2. The lowest BCUT2D eigenvalue weighted by Gasteiger charge is -2.12. The van der Waals surface area contributed by atoms with Gasteiger partial charge in [-0.1, -0.05) is 54.1 Å². The van der Waals surface area contributed by atoms with Crippen molar-refractivity contribution in [3.8, 4) is 0 Å². The molecule has 2 amide bonds. The van der Waals surface area contributed by atoms with Crippen molar-refractivity contribution in [2.24, 2.45) is 0 Å². The number of ether oxygens (including phenoxy) is 1. The van der Waals surface area contributed by atoms with Crippen LogP contribution in [0, 0.1) is 0 Å². The highest BCUT2D eigenvalue weighted by atomic mass is 35.5. The van der Waals surface area contributed by atoms with Gasteiger partial charge >= 0.3 is 5.97 Å². The van der Waals surface area contributed by atoms with Crippen LogP contribution in [0.4, 0.5) is 0 Å². The number of carbonyl (C=O) groups is 3. The summed E-state index contributed by atoms with van der Waals surface area (Å²) in [5.41, 5.74) is 1.71. The van der Waals surface area contributed by atoms with Gasteiger partial charge in [0.05, 0.1) is 12.1 Å². The largest absolute Gasteiger partial charge is 0.452 e. The minimum Gasteiger partial charge on any atom is -0.452 e. The maximum absolute atomic E-state index is 12.6. The molecule has 0 aliphatic heterocycles. The summed E-state index contributed by atoms with van der Waals surface area (Å²) in [5, 5.41) is 2.95. The van der Waals surface area contributed by atoms with Gasteiger partial charge in [-0.15, -0.1) is 0 Å². The number of esters is 1. The molecule has 0 unspecified atom stereocenters. The van der Waals surface area contributed by atoms with Crippen LogP contribution in [-0.2, 0) is 19.1 Å². The van der Waals surface area contributed by atoms with Crippen LogP contribution >= 0.6 is 11.6 Å². The van der Waals surface area contributed by atoms with E-state index in [0.717, 1.165) is 5.56 Å². The van der Waals surface area contributed by atoms with Gasteiger partial charge in [0, 0.05) is 19.1 Å². The monoisotopic (exact) mass is 400 g/mol. The fraction of sp³-hybridized carbons (Fsp3) is 0.190. The number of carbonyl (C=O) groups excluding carboxylic acids is 3. The van der Waals surface area contributed by atoms with Gasteiger partial charge in [0.15, 0.2) is 6.61 Å². The third-order valence-electron chi connectivity index (χ3n) is 3.76. The Hall–Kier alpha value is -3.12. The first-order valence-electron chi connectivity index (χ1n) is 8.53. The second kappa shape index (κ2) is 10.3. The van der Waals surface area contributed by atoms with E-state index in [1.165, 1.54) is 4.90 Å². The SMILES string of the molecule is CN(C)C(=O)CNC(=O)COC(=O)/C(=C/c1ccccc1)c1ccc(Cl)cc1. The van der Waals surface area contributed by atoms with Gasteiger partial charge in [0.25, 0.3) is 5.91 Å². The van der Waals surface area contributed by atoms with Gasteiger partial charge in [0.1, 0.15) is 0 Å². The van der Waals surface area contributed by atoms with Crippen molar-refractivity contribution < 1.29 is 19.1 Å². The highest BCUT2D eigenvalue weighted by molar-refractivity contribution is 6.30. The average molecular weight is 401 g/mol. The summed E-state index contributed by atoms with van der Waals surface area (Å²) >= 11 is 5.92. The molecule has 0 saturated carbocycles. The Kier molecular flexibility index (Phi) is 7.77. The third-order valence-corrected chi connectivity index (χ3v) is 4.01. The van der Waals surface area contributed by atoms with Crippen LogP contribution in [0.2, 0.25) is 5.02 Å². The molecule has 2 aromatic rings. The van der Waals surface area contributed by atoms with Crippen molar-refractivity contribution >= 4 is 41.0 Å². The highest BCUT2D eigenvalue weighted by Crippen LogP contribution is 2.22. The maximum Gasteiger partial charge on any atom is 0.339 e. The van der Waals surface area contributed by atoms with Crippen LogP contribution in [0.5, 0.6) is 0 Å². The normalized spacial score (nSPS) is 10.9. The molecule has 6 nitrogen and oxygen atoms in total. The Morgan fingerprint density at radius 1 is 1.04 bits per heavy atom. The zero-order valence-electron chi connectivity index (χ0n) is 15.6. The lowest BCUT2D eigenvalue weighted by Crippen LogP contribution is -2.38. The van der Waals surface area contributed by atoms with Crippen molar-refractivity contribution in [1.29, 1.82) is 0 Å². The molecule has 0 aliphatic carbocycles. The summed E-state index contributed by atoms with van der Waals surface area (Å²) in [6, 6.07) is 16.0. The number of hydrogen-bond acceptors (Lipinski definition) is 4. The Labute approximate surface area is 168 Å². The fourth-order valence-corrected chi connectivity index (χ4v) is 2.32. The smallest absolute Gasteiger partial charge is 0.339 e. The summed E-state index contributed by atoms with van der Waals surface area (Å²) in [4.78, 5) is 37.3. The second-order valence-corrected chi connectivity index (χ2v) is 6.55. The van der Waals surface area contributed by atoms with E-state index in [9.17, 15) is 14.4 Å². The molecule has 0 heterocycles. The molecule has 2 rings (SSSR count). The van der Waals surface area contributed by atoms with Crippen molar-refractivity contribution in [3.63, 3.8) is 0 Å². The number of nitrogens with zero attached hydrogens (tertiary/aromatic N) is 1. The van der Waals surface area contributed by atoms with Crippen molar-refractivity contribution in [2.45, 2.75) is 0 Å². The van der Waals surface area contributed by atoms with E-state index in [1.807, 2.05) is 30.3 Å². The van der Waals surface area contributed by atoms with Crippen LogP contribution in [0.1, 0.15) is 11.1 Å². The Morgan fingerprint density at radius 3 is 2.29 bits per heavy atom. The van der Waals surface area contributed by atoms with E-state index in [2.05, 4.69) is 5.32 Å². The summed E-state index contributed by atoms with van der Waals surface area (Å²) in [6.45, 7) is -0.646. The highest BCUT2D eigenvalue weighted by Gasteiger charge is 2.16. The molecule has 1 N–H and O–H groups in total. The van der Waals surface area contributed by atoms with E-state index < -0.39 is 18.5 Å². The number of halogens is 1. The molecule has 146 valence electrons. The van der Waals surface area contributed by atoms with Crippen LogP contribution in [0.15, 0.2) is 54.6 Å². The van der Waals surface area contributed by atoms with Crippen molar-refractivity contribution in [1.82, 2.24) is 10.2 Å². The summed E-state index contributed by atoms with van der Waals surface area (Å²) in [7, 11) is 3.17. The predicted molar refractivity (Wildman–Crippen MR) is 108 cm³/mol. The molecule has 0 aromatic heterocycles. The van der Waals surface area contributed by atoms with E-state index in [-0.39, 0.29) is 12.5 Å². The number of likely N-dealkylation sites (N-methyl/N-ethyl adjacent to an activating group) is 1. The standard InChI is InChI=1S/C21H21ClN2O4/c1-24(2)20(26)13-23-19(25)14-28-21(27)18(12-15-6-4-3-5-7-15)16-8-10-17(22)11-9-16/h3-12H,13-14H2,1-2H3,(H,23,25)/b18-12+. The van der Waals surface area contributed by atoms with Gasteiger partial charge < -0.3 is 15.0 Å². The third kappa shape index (κ3) is 6.55. The first-order chi connectivity index (χ1) is 13.4. The Balaban J connectivity index is 2.09. The number of nitrogens with one attached hydrogen (secondary N) is 1. The molecule has 0 aliphatic rings. The molecular formula is C21H21ClN2O4. The zero-order chi connectivity index (χ0) is 20.5. The lowest BCUT2D eigenvalue weighted by atomic mass is 10.0. The first-order valence-corrected chi connectivity index (χ1v) is 8.91. The fourth-order valence-electron chi connectivity index (χ4n) is 2.20. The molecule has 0 bridgehead atoms. The van der Waals surface area contributed by atoms with Gasteiger partial charge in [-0.05, 0) is 29.3 Å². The first kappa shape index (κ1) is 21.2. The number of rotatable bonds is 7. The topological polar surface area (TPSA) is 75.7 Å². The van der Waals surface area contributed by atoms with Crippen molar-refractivity contribution in [2.75, 3.05) is 27.2 Å². The molecule has 7 heteroatoms. The molecule has 0 saturated heterocycles. The van der Waals surface area contributed by atoms with Gasteiger partial charge in [-0.25, -0.2) is 4.79 Å². The molecule has 0 spiro atoms. The van der Waals surface area contributed by atoms with Gasteiger partial charge in [0.2, 0.25) is 5.91 Å². The minimum absolute atomic E-state index is 0.159. The molecule has 0 fully saturated rings. The molecular weight excluding hydrogens is 380 g/mol. The average Bonchev–Trinajstić information content (AvgIpc) is 2.69. The van der Waals surface area contributed by atoms with Crippen LogP contribution < -0.4 is 5.32 Å². The maximum atomic E-state index is 12.6. The molecule has 28 heavy (non-hydrogen) atoms. The van der Waals surface area contributed by atoms with Crippen LogP contribution in [-0.4, -0.2) is 49.9 Å². The lowest BCUT2D eigenvalue weighted by molar-refractivity contribution is -0.143. The number of benzene rings is 2. The van der Waals surface area contributed by atoms with E-state index in [1.54, 1.807) is 44.4 Å². The van der Waals surface area contributed by atoms with Gasteiger partial charge in [-0.3, -0.25) is 9.59 Å². The van der Waals surface area contributed by atoms with Crippen LogP contribution in [0.3, 0.4) is 0 Å². The molecule has 0 radical (unpaired) electrons. The summed E-state index contributed by atoms with van der Waals surface area (Å²) in [6.07, 6.45) is 1.68. The Bertz CT molecular complexity index is 862. The van der Waals surface area contributed by atoms with E-state index >= 15 is 0 Å². The minimum atomic E-state index is -0.653. The zero-order valence-corrected chi connectivity index (χ0v) is 16.4. The quantitative estimate of drug-likeness (QED) is 0.440. The Morgan fingerprint density at radius 2 is 1.68 bits per heavy atom. The second-order valence-electron chi connectivity index (χ2n) is 6.12. The summed E-state index contributed by atoms with van der Waals surface area (Å²) in [5.74, 6) is -1.47. The molecule has 0 atom stereocenters. The van der Waals surface area contributed by atoms with E-state index in [4.69, 9.17) is 16.3 Å². The summed E-state index contributed by atoms with van der Waals surface area (Å²) < 4.78 is 5.14. The van der Waals surface area contributed by atoms with Crippen molar-refractivity contribution in [3.05, 3.63) is 70.7 Å². The molecule has 2 aromatic carbocycles. The predicted octanol–water partition coefficient (Wildman–Crippen LogP) is 2.63. The van der Waals surface area contributed by atoms with E-state index in [0.29, 0.717) is 16.2 Å². The van der Waals surface area contributed by atoms with Gasteiger partial charge in [-0.2, -0.15) is 0 Å². The number of hydrogen-bond donors (Lipinski definition) is 1. The van der Waals surface area contributed by atoms with Crippen LogP contribution in [0.25, 0.3) is 11.6 Å².